The van der Waals surface area contributed by atoms with Crippen molar-refractivity contribution in [2.45, 2.75) is 116 Å². The van der Waals surface area contributed by atoms with E-state index in [1.54, 1.807) is 0 Å². The molecule has 0 saturated heterocycles. The average molecular weight is 540 g/mol. The first-order valence-electron chi connectivity index (χ1n) is 14.8. The summed E-state index contributed by atoms with van der Waals surface area (Å²) in [6.07, 6.45) is 12.6. The van der Waals surface area contributed by atoms with Crippen LogP contribution < -0.4 is 10.1 Å². The van der Waals surface area contributed by atoms with Gasteiger partial charge in [-0.25, -0.2) is 0 Å². The van der Waals surface area contributed by atoms with Crippen LogP contribution in [0.15, 0.2) is 54.6 Å². The maximum Gasteiger partial charge on any atom is 0.220 e. The second kappa shape index (κ2) is 17.5. The quantitative estimate of drug-likeness (QED) is 0.143. The Labute approximate surface area is 234 Å². The lowest BCUT2D eigenvalue weighted by atomic mass is 10.1. The molecule has 0 unspecified atom stereocenters. The van der Waals surface area contributed by atoms with Crippen molar-refractivity contribution in [3.8, 4) is 5.75 Å². The van der Waals surface area contributed by atoms with E-state index in [0.29, 0.717) is 24.6 Å². The smallest absolute Gasteiger partial charge is 0.220 e. The van der Waals surface area contributed by atoms with Gasteiger partial charge in [-0.05, 0) is 60.7 Å². The van der Waals surface area contributed by atoms with Crippen molar-refractivity contribution in [1.29, 1.82) is 0 Å². The minimum Gasteiger partial charge on any atom is -0.489 e. The van der Waals surface area contributed by atoms with Gasteiger partial charge < -0.3 is 14.5 Å². The summed E-state index contributed by atoms with van der Waals surface area (Å²) in [4.78, 5) is 12.1. The number of amides is 1. The molecule has 2 rings (SSSR count). The van der Waals surface area contributed by atoms with Crippen LogP contribution in [-0.4, -0.2) is 27.4 Å². The van der Waals surface area contributed by atoms with Crippen LogP contribution in [0.4, 0.5) is 0 Å². The Morgan fingerprint density at radius 3 is 1.95 bits per heavy atom. The molecule has 0 spiro atoms. The summed E-state index contributed by atoms with van der Waals surface area (Å²) in [6.45, 7) is 13.8. The Kier molecular flexibility index (Phi) is 14.8. The molecular formula is C33H53NO3Si. The van der Waals surface area contributed by atoms with Crippen molar-refractivity contribution < 1.29 is 14.0 Å². The van der Waals surface area contributed by atoms with E-state index in [2.05, 4.69) is 63.4 Å². The number of benzene rings is 2. The van der Waals surface area contributed by atoms with Crippen molar-refractivity contribution >= 4 is 14.2 Å². The van der Waals surface area contributed by atoms with Gasteiger partial charge in [-0.3, -0.25) is 4.79 Å². The third-order valence-corrected chi connectivity index (χ3v) is 12.3. The SMILES string of the molecule is CC(C)(C)[Si](C)(C)OCCCCCCCCCCCC(=O)NCCc1ccc(OCc2ccccc2)cc1. The fraction of sp³-hybridized carbons (Fsp3) is 0.606. The molecule has 1 amide bonds. The van der Waals surface area contributed by atoms with Gasteiger partial charge in [-0.1, -0.05) is 108 Å². The number of unbranched alkanes of at least 4 members (excludes halogenated alkanes) is 8. The maximum atomic E-state index is 12.1. The van der Waals surface area contributed by atoms with Gasteiger partial charge in [0.2, 0.25) is 5.91 Å². The Morgan fingerprint density at radius 2 is 1.34 bits per heavy atom. The predicted octanol–water partition coefficient (Wildman–Crippen LogP) is 8.85. The van der Waals surface area contributed by atoms with Gasteiger partial charge >= 0.3 is 0 Å². The van der Waals surface area contributed by atoms with Crippen LogP contribution in [0, 0.1) is 0 Å². The average Bonchev–Trinajstić information content (AvgIpc) is 2.88. The number of carbonyl (C=O) groups is 1. The molecule has 38 heavy (non-hydrogen) atoms. The topological polar surface area (TPSA) is 47.6 Å². The second-order valence-electron chi connectivity index (χ2n) is 12.1. The van der Waals surface area contributed by atoms with Crippen LogP contribution >= 0.6 is 0 Å². The Morgan fingerprint density at radius 1 is 0.763 bits per heavy atom. The molecule has 5 heteroatoms. The highest BCUT2D eigenvalue weighted by atomic mass is 28.4. The van der Waals surface area contributed by atoms with Crippen molar-refractivity contribution in [2.75, 3.05) is 13.2 Å². The molecule has 0 aromatic heterocycles. The van der Waals surface area contributed by atoms with E-state index < -0.39 is 8.32 Å². The molecule has 0 radical (unpaired) electrons. The summed E-state index contributed by atoms with van der Waals surface area (Å²) in [5.41, 5.74) is 2.37. The molecule has 0 atom stereocenters. The molecular weight excluding hydrogens is 486 g/mol. The third-order valence-electron chi connectivity index (χ3n) is 7.72. The van der Waals surface area contributed by atoms with Crippen LogP contribution in [-0.2, 0) is 22.2 Å². The van der Waals surface area contributed by atoms with E-state index >= 15 is 0 Å². The van der Waals surface area contributed by atoms with E-state index in [1.807, 2.05) is 30.3 Å². The molecule has 1 N–H and O–H groups in total. The zero-order valence-corrected chi connectivity index (χ0v) is 25.8. The Bertz CT molecular complexity index is 891. The largest absolute Gasteiger partial charge is 0.489 e. The molecule has 0 heterocycles. The Hall–Kier alpha value is -2.11. The molecule has 0 bridgehead atoms. The fourth-order valence-electron chi connectivity index (χ4n) is 4.10. The normalized spacial score (nSPS) is 11.9. The molecule has 0 fully saturated rings. The van der Waals surface area contributed by atoms with Crippen LogP contribution in [0.1, 0.15) is 96.1 Å². The summed E-state index contributed by atoms with van der Waals surface area (Å²) in [7, 11) is -1.58. The molecule has 0 aliphatic rings. The van der Waals surface area contributed by atoms with E-state index in [1.165, 1.54) is 50.5 Å². The van der Waals surface area contributed by atoms with E-state index in [-0.39, 0.29) is 5.91 Å². The number of hydrogen-bond donors (Lipinski definition) is 1. The highest BCUT2D eigenvalue weighted by molar-refractivity contribution is 6.74. The summed E-state index contributed by atoms with van der Waals surface area (Å²) < 4.78 is 12.1. The van der Waals surface area contributed by atoms with Gasteiger partial charge in [-0.15, -0.1) is 0 Å². The molecule has 4 nitrogen and oxygen atoms in total. The first kappa shape index (κ1) is 32.1. The fourth-order valence-corrected chi connectivity index (χ4v) is 5.18. The second-order valence-corrected chi connectivity index (χ2v) is 16.9. The minimum atomic E-state index is -1.58. The highest BCUT2D eigenvalue weighted by Crippen LogP contribution is 2.36. The van der Waals surface area contributed by atoms with Crippen molar-refractivity contribution in [3.63, 3.8) is 0 Å². The van der Waals surface area contributed by atoms with Crippen LogP contribution in [0.3, 0.4) is 0 Å². The number of carbonyl (C=O) groups excluding carboxylic acids is 1. The molecule has 212 valence electrons. The van der Waals surface area contributed by atoms with Crippen molar-refractivity contribution in [1.82, 2.24) is 5.32 Å². The van der Waals surface area contributed by atoms with Gasteiger partial charge in [0.1, 0.15) is 12.4 Å². The minimum absolute atomic E-state index is 0.174. The van der Waals surface area contributed by atoms with Gasteiger partial charge in [0.15, 0.2) is 8.32 Å². The lowest BCUT2D eigenvalue weighted by Crippen LogP contribution is -2.40. The van der Waals surface area contributed by atoms with Crippen LogP contribution in [0.2, 0.25) is 18.1 Å². The molecule has 0 saturated carbocycles. The van der Waals surface area contributed by atoms with Crippen molar-refractivity contribution in [2.24, 2.45) is 0 Å². The Balaban J connectivity index is 1.39. The monoisotopic (exact) mass is 539 g/mol. The van der Waals surface area contributed by atoms with E-state index in [4.69, 9.17) is 9.16 Å². The van der Waals surface area contributed by atoms with Gasteiger partial charge in [0, 0.05) is 19.6 Å². The first-order valence-corrected chi connectivity index (χ1v) is 17.7. The lowest BCUT2D eigenvalue weighted by Gasteiger charge is -2.36. The number of hydrogen-bond acceptors (Lipinski definition) is 3. The highest BCUT2D eigenvalue weighted by Gasteiger charge is 2.36. The van der Waals surface area contributed by atoms with Crippen molar-refractivity contribution in [3.05, 3.63) is 65.7 Å². The summed E-state index contributed by atoms with van der Waals surface area (Å²) in [6, 6.07) is 18.3. The zero-order chi connectivity index (χ0) is 27.7. The first-order chi connectivity index (χ1) is 18.2. The molecule has 2 aromatic rings. The lowest BCUT2D eigenvalue weighted by molar-refractivity contribution is -0.121. The predicted molar refractivity (Wildman–Crippen MR) is 163 cm³/mol. The molecule has 0 aliphatic carbocycles. The zero-order valence-electron chi connectivity index (χ0n) is 24.8. The maximum absolute atomic E-state index is 12.1. The van der Waals surface area contributed by atoms with Gasteiger partial charge in [-0.2, -0.15) is 0 Å². The van der Waals surface area contributed by atoms with E-state index in [9.17, 15) is 4.79 Å². The van der Waals surface area contributed by atoms with Gasteiger partial charge in [0.25, 0.3) is 0 Å². The summed E-state index contributed by atoms with van der Waals surface area (Å²) in [5, 5.41) is 3.37. The standard InChI is InChI=1S/C33H53NO3Si/c1-33(2,3)38(4,5)37-27-17-12-10-8-6-7-9-11-16-20-32(35)34-26-25-29-21-23-31(24-22-29)36-28-30-18-14-13-15-19-30/h13-15,18-19,21-24H,6-12,16-17,20,25-28H2,1-5H3,(H,34,35). The summed E-state index contributed by atoms with van der Waals surface area (Å²) in [5.74, 6) is 1.04. The third kappa shape index (κ3) is 13.6. The number of ether oxygens (including phenoxy) is 1. The van der Waals surface area contributed by atoms with Crippen LogP contribution in [0.5, 0.6) is 5.75 Å². The summed E-state index contributed by atoms with van der Waals surface area (Å²) >= 11 is 0. The molecule has 2 aromatic carbocycles. The molecule has 0 aliphatic heterocycles. The van der Waals surface area contributed by atoms with Crippen LogP contribution in [0.25, 0.3) is 0 Å². The number of rotatable bonds is 19. The van der Waals surface area contributed by atoms with E-state index in [0.717, 1.165) is 37.2 Å². The number of nitrogens with one attached hydrogen (secondary N) is 1. The van der Waals surface area contributed by atoms with Gasteiger partial charge in [0.05, 0.1) is 0 Å².